The van der Waals surface area contributed by atoms with Crippen LogP contribution in [0.4, 0.5) is 0 Å². The van der Waals surface area contributed by atoms with E-state index in [0.29, 0.717) is 16.7 Å². The van der Waals surface area contributed by atoms with Gasteiger partial charge in [-0.2, -0.15) is 5.26 Å². The zero-order chi connectivity index (χ0) is 19.8. The number of ether oxygens (including phenoxy) is 1. The molecule has 0 heterocycles. The maximum absolute atomic E-state index is 12.5. The SMILES string of the molecule is CNC(=O)CN(C)C(=O)COC(=O)c1ccccc1-c1ccccc1C#N. The summed E-state index contributed by atoms with van der Waals surface area (Å²) in [5.41, 5.74) is 1.84. The zero-order valence-electron chi connectivity index (χ0n) is 15.1. The van der Waals surface area contributed by atoms with Gasteiger partial charge in [0.15, 0.2) is 6.61 Å². The second-order valence-corrected chi connectivity index (χ2v) is 5.70. The molecule has 0 bridgehead atoms. The summed E-state index contributed by atoms with van der Waals surface area (Å²) in [5, 5.41) is 11.7. The maximum atomic E-state index is 12.5. The summed E-state index contributed by atoms with van der Waals surface area (Å²) in [6.07, 6.45) is 0. The molecule has 1 N–H and O–H groups in total. The molecule has 2 aromatic carbocycles. The monoisotopic (exact) mass is 365 g/mol. The van der Waals surface area contributed by atoms with Crippen LogP contribution in [0, 0.1) is 11.3 Å². The van der Waals surface area contributed by atoms with Gasteiger partial charge in [0, 0.05) is 19.7 Å². The van der Waals surface area contributed by atoms with Crippen LogP contribution in [-0.4, -0.2) is 49.9 Å². The molecule has 0 aromatic heterocycles. The van der Waals surface area contributed by atoms with Crippen molar-refractivity contribution in [2.24, 2.45) is 0 Å². The summed E-state index contributed by atoms with van der Waals surface area (Å²) in [6, 6.07) is 15.7. The molecule has 0 atom stereocenters. The molecule has 138 valence electrons. The summed E-state index contributed by atoms with van der Waals surface area (Å²) in [7, 11) is 2.92. The van der Waals surface area contributed by atoms with Gasteiger partial charge < -0.3 is 15.0 Å². The Balaban J connectivity index is 2.15. The molecule has 0 fully saturated rings. The molecule has 0 aliphatic rings. The molecular weight excluding hydrogens is 346 g/mol. The minimum absolute atomic E-state index is 0.126. The standard InChI is InChI=1S/C20H19N3O4/c1-22-18(24)12-23(2)19(25)13-27-20(26)17-10-6-5-9-16(17)15-8-4-3-7-14(15)11-21/h3-10H,12-13H2,1-2H3,(H,22,24). The Morgan fingerprint density at radius 1 is 1.07 bits per heavy atom. The largest absolute Gasteiger partial charge is 0.452 e. The van der Waals surface area contributed by atoms with E-state index in [-0.39, 0.29) is 18.0 Å². The van der Waals surface area contributed by atoms with Crippen molar-refractivity contribution in [3.05, 3.63) is 59.7 Å². The predicted molar refractivity (Wildman–Crippen MR) is 98.6 cm³/mol. The lowest BCUT2D eigenvalue weighted by Gasteiger charge is -2.16. The van der Waals surface area contributed by atoms with Gasteiger partial charge in [-0.25, -0.2) is 4.79 Å². The van der Waals surface area contributed by atoms with Crippen molar-refractivity contribution in [1.29, 1.82) is 5.26 Å². The topological polar surface area (TPSA) is 99.5 Å². The first-order chi connectivity index (χ1) is 13.0. The molecule has 0 aliphatic heterocycles. The van der Waals surface area contributed by atoms with Crippen molar-refractivity contribution in [2.75, 3.05) is 27.2 Å². The van der Waals surface area contributed by atoms with E-state index in [9.17, 15) is 19.6 Å². The number of hydrogen-bond donors (Lipinski definition) is 1. The van der Waals surface area contributed by atoms with E-state index in [1.165, 1.54) is 19.0 Å². The van der Waals surface area contributed by atoms with Gasteiger partial charge in [0.1, 0.15) is 0 Å². The van der Waals surface area contributed by atoms with Crippen LogP contribution in [0.1, 0.15) is 15.9 Å². The highest BCUT2D eigenvalue weighted by molar-refractivity contribution is 5.99. The van der Waals surface area contributed by atoms with Gasteiger partial charge in [0.2, 0.25) is 5.91 Å². The van der Waals surface area contributed by atoms with Crippen molar-refractivity contribution >= 4 is 17.8 Å². The Kier molecular flexibility index (Phi) is 6.67. The fourth-order valence-corrected chi connectivity index (χ4v) is 2.41. The van der Waals surface area contributed by atoms with E-state index in [4.69, 9.17) is 4.74 Å². The number of nitrogens with one attached hydrogen (secondary N) is 1. The molecular formula is C20H19N3O4. The summed E-state index contributed by atoms with van der Waals surface area (Å²) in [4.78, 5) is 37.0. The molecule has 2 amide bonds. The minimum atomic E-state index is -0.681. The van der Waals surface area contributed by atoms with E-state index < -0.39 is 18.5 Å². The summed E-state index contributed by atoms with van der Waals surface area (Å²) in [6.45, 7) is -0.612. The zero-order valence-corrected chi connectivity index (χ0v) is 15.1. The first-order valence-electron chi connectivity index (χ1n) is 8.18. The Morgan fingerprint density at radius 3 is 2.37 bits per heavy atom. The lowest BCUT2D eigenvalue weighted by Crippen LogP contribution is -2.39. The molecule has 0 unspecified atom stereocenters. The fraction of sp³-hybridized carbons (Fsp3) is 0.200. The third-order valence-electron chi connectivity index (χ3n) is 3.90. The molecule has 0 radical (unpaired) electrons. The second-order valence-electron chi connectivity index (χ2n) is 5.70. The Bertz CT molecular complexity index is 902. The summed E-state index contributed by atoms with van der Waals surface area (Å²) >= 11 is 0. The van der Waals surface area contributed by atoms with Gasteiger partial charge in [-0.15, -0.1) is 0 Å². The minimum Gasteiger partial charge on any atom is -0.452 e. The second kappa shape index (κ2) is 9.15. The van der Waals surface area contributed by atoms with Crippen LogP contribution in [0.15, 0.2) is 48.5 Å². The van der Waals surface area contributed by atoms with Crippen LogP contribution in [-0.2, 0) is 14.3 Å². The number of benzene rings is 2. The number of carbonyl (C=O) groups is 3. The highest BCUT2D eigenvalue weighted by Gasteiger charge is 2.19. The number of nitrogens with zero attached hydrogens (tertiary/aromatic N) is 2. The molecule has 0 spiro atoms. The van der Waals surface area contributed by atoms with Gasteiger partial charge in [0.25, 0.3) is 5.91 Å². The molecule has 7 heteroatoms. The number of carbonyl (C=O) groups excluding carboxylic acids is 3. The first kappa shape index (κ1) is 19.7. The Labute approximate surface area is 157 Å². The van der Waals surface area contributed by atoms with Gasteiger partial charge in [-0.05, 0) is 17.7 Å². The summed E-state index contributed by atoms with van der Waals surface area (Å²) < 4.78 is 5.12. The Morgan fingerprint density at radius 2 is 1.70 bits per heavy atom. The van der Waals surface area contributed by atoms with Gasteiger partial charge in [-0.3, -0.25) is 9.59 Å². The van der Waals surface area contributed by atoms with Crippen LogP contribution in [0.5, 0.6) is 0 Å². The van der Waals surface area contributed by atoms with Crippen molar-refractivity contribution in [1.82, 2.24) is 10.2 Å². The quantitative estimate of drug-likeness (QED) is 0.784. The number of nitriles is 1. The van der Waals surface area contributed by atoms with E-state index in [2.05, 4.69) is 11.4 Å². The molecule has 0 saturated carbocycles. The van der Waals surface area contributed by atoms with Crippen molar-refractivity contribution in [2.45, 2.75) is 0 Å². The third kappa shape index (κ3) is 4.92. The van der Waals surface area contributed by atoms with Gasteiger partial charge in [-0.1, -0.05) is 36.4 Å². The smallest absolute Gasteiger partial charge is 0.339 e. The van der Waals surface area contributed by atoms with Crippen molar-refractivity contribution in [3.63, 3.8) is 0 Å². The van der Waals surface area contributed by atoms with Crippen LogP contribution in [0.25, 0.3) is 11.1 Å². The average Bonchev–Trinajstić information content (AvgIpc) is 2.71. The van der Waals surface area contributed by atoms with Crippen LogP contribution < -0.4 is 5.32 Å². The van der Waals surface area contributed by atoms with E-state index in [0.717, 1.165) is 0 Å². The number of rotatable bonds is 6. The average molecular weight is 365 g/mol. The molecule has 7 nitrogen and oxygen atoms in total. The predicted octanol–water partition coefficient (Wildman–Crippen LogP) is 1.59. The molecule has 27 heavy (non-hydrogen) atoms. The van der Waals surface area contributed by atoms with Crippen molar-refractivity contribution in [3.8, 4) is 17.2 Å². The van der Waals surface area contributed by atoms with E-state index >= 15 is 0 Å². The van der Waals surface area contributed by atoms with Crippen molar-refractivity contribution < 1.29 is 19.1 Å². The highest BCUT2D eigenvalue weighted by Crippen LogP contribution is 2.27. The molecule has 2 rings (SSSR count). The first-order valence-corrected chi connectivity index (χ1v) is 8.18. The van der Waals surface area contributed by atoms with E-state index in [1.807, 2.05) is 0 Å². The van der Waals surface area contributed by atoms with E-state index in [1.54, 1.807) is 48.5 Å². The number of esters is 1. The number of amides is 2. The van der Waals surface area contributed by atoms with Crippen LogP contribution in [0.2, 0.25) is 0 Å². The highest BCUT2D eigenvalue weighted by atomic mass is 16.5. The van der Waals surface area contributed by atoms with Gasteiger partial charge in [0.05, 0.1) is 23.7 Å². The molecule has 0 saturated heterocycles. The number of likely N-dealkylation sites (N-methyl/N-ethyl adjacent to an activating group) is 2. The normalized spacial score (nSPS) is 9.81. The Hall–Kier alpha value is -3.66. The van der Waals surface area contributed by atoms with Gasteiger partial charge >= 0.3 is 5.97 Å². The van der Waals surface area contributed by atoms with Crippen LogP contribution in [0.3, 0.4) is 0 Å². The third-order valence-corrected chi connectivity index (χ3v) is 3.90. The lowest BCUT2D eigenvalue weighted by atomic mass is 9.96. The maximum Gasteiger partial charge on any atom is 0.339 e. The fourth-order valence-electron chi connectivity index (χ4n) is 2.41. The molecule has 2 aromatic rings. The molecule has 0 aliphatic carbocycles. The lowest BCUT2D eigenvalue weighted by molar-refractivity contribution is -0.137. The summed E-state index contributed by atoms with van der Waals surface area (Å²) in [5.74, 6) is -1.50. The number of hydrogen-bond acceptors (Lipinski definition) is 5. The van der Waals surface area contributed by atoms with Crippen LogP contribution >= 0.6 is 0 Å².